The summed E-state index contributed by atoms with van der Waals surface area (Å²) in [5.41, 5.74) is 2.16. The number of amides is 1. The van der Waals surface area contributed by atoms with E-state index in [0.717, 1.165) is 5.56 Å². The molecule has 2 N–H and O–H groups in total. The van der Waals surface area contributed by atoms with Gasteiger partial charge in [-0.1, -0.05) is 53.5 Å². The van der Waals surface area contributed by atoms with E-state index >= 15 is 0 Å². The summed E-state index contributed by atoms with van der Waals surface area (Å²) in [5.74, 6) is -0.924. The molecule has 29 heavy (non-hydrogen) atoms. The molecular weight excluding hydrogens is 413 g/mol. The molecule has 1 amide bonds. The van der Waals surface area contributed by atoms with Crippen LogP contribution >= 0.6 is 23.2 Å². The van der Waals surface area contributed by atoms with Crippen LogP contribution in [0.25, 0.3) is 0 Å². The summed E-state index contributed by atoms with van der Waals surface area (Å²) in [6.45, 7) is 0.259. The van der Waals surface area contributed by atoms with Crippen LogP contribution in [0.5, 0.6) is 5.75 Å². The van der Waals surface area contributed by atoms with Crippen molar-refractivity contribution in [3.05, 3.63) is 93.5 Å². The lowest BCUT2D eigenvalue weighted by Crippen LogP contribution is -2.14. The van der Waals surface area contributed by atoms with Gasteiger partial charge in [-0.05, 0) is 47.5 Å². The molecule has 0 aliphatic carbocycles. The van der Waals surface area contributed by atoms with E-state index in [4.69, 9.17) is 33.0 Å². The Balaban J connectivity index is 1.73. The first-order valence-corrected chi connectivity index (χ1v) is 9.46. The van der Waals surface area contributed by atoms with Gasteiger partial charge in [-0.15, -0.1) is 0 Å². The number of rotatable bonds is 7. The molecule has 3 rings (SSSR count). The van der Waals surface area contributed by atoms with Gasteiger partial charge in [-0.25, -0.2) is 0 Å². The maximum atomic E-state index is 12.8. The third kappa shape index (κ3) is 5.73. The van der Waals surface area contributed by atoms with Crippen molar-refractivity contribution in [2.24, 2.45) is 0 Å². The molecule has 0 unspecified atom stereocenters. The molecule has 0 spiro atoms. The van der Waals surface area contributed by atoms with Crippen LogP contribution in [0.4, 0.5) is 5.69 Å². The minimum absolute atomic E-state index is 0.145. The van der Waals surface area contributed by atoms with Gasteiger partial charge in [-0.2, -0.15) is 0 Å². The number of nitrogens with one attached hydrogen (secondary N) is 1. The number of para-hydroxylation sites is 1. The Kier molecular flexibility index (Phi) is 6.75. The van der Waals surface area contributed by atoms with Crippen LogP contribution in [0.1, 0.15) is 21.5 Å². The Morgan fingerprint density at radius 1 is 0.931 bits per heavy atom. The Morgan fingerprint density at radius 3 is 2.45 bits per heavy atom. The minimum Gasteiger partial charge on any atom is -0.488 e. The molecule has 0 saturated heterocycles. The molecule has 0 saturated carbocycles. The van der Waals surface area contributed by atoms with Crippen LogP contribution in [-0.2, 0) is 17.8 Å². The summed E-state index contributed by atoms with van der Waals surface area (Å²) in [7, 11) is 0. The second-order valence-electron chi connectivity index (χ2n) is 6.25. The predicted octanol–water partition coefficient (Wildman–Crippen LogP) is 5.45. The van der Waals surface area contributed by atoms with Gasteiger partial charge in [0.15, 0.2) is 0 Å². The number of carbonyl (C=O) groups excluding carboxylic acids is 1. The monoisotopic (exact) mass is 429 g/mol. The van der Waals surface area contributed by atoms with Crippen LogP contribution in [0.2, 0.25) is 10.0 Å². The van der Waals surface area contributed by atoms with E-state index in [-0.39, 0.29) is 24.0 Å². The molecule has 0 aliphatic rings. The van der Waals surface area contributed by atoms with Gasteiger partial charge in [0.2, 0.25) is 0 Å². The number of anilines is 1. The molecule has 0 bridgehead atoms. The molecule has 0 fully saturated rings. The predicted molar refractivity (Wildman–Crippen MR) is 113 cm³/mol. The lowest BCUT2D eigenvalue weighted by molar-refractivity contribution is -0.136. The summed E-state index contributed by atoms with van der Waals surface area (Å²) in [6.07, 6.45) is -0.145. The fraction of sp³-hybridized carbons (Fsp3) is 0.0909. The van der Waals surface area contributed by atoms with Gasteiger partial charge in [-0.3, -0.25) is 9.59 Å². The van der Waals surface area contributed by atoms with E-state index in [9.17, 15) is 9.59 Å². The molecule has 0 radical (unpaired) electrons. The summed E-state index contributed by atoms with van der Waals surface area (Å²) in [4.78, 5) is 23.6. The highest BCUT2D eigenvalue weighted by Crippen LogP contribution is 2.26. The Labute approximate surface area is 177 Å². The average molecular weight is 430 g/mol. The van der Waals surface area contributed by atoms with Gasteiger partial charge in [0.1, 0.15) is 12.4 Å². The highest BCUT2D eigenvalue weighted by molar-refractivity contribution is 6.34. The fourth-order valence-corrected chi connectivity index (χ4v) is 3.17. The summed E-state index contributed by atoms with van der Waals surface area (Å²) in [6, 6.07) is 18.9. The first-order valence-electron chi connectivity index (χ1n) is 8.70. The maximum Gasteiger partial charge on any atom is 0.307 e. The number of hydrogen-bond acceptors (Lipinski definition) is 3. The quantitative estimate of drug-likeness (QED) is 0.523. The molecular formula is C22H17Cl2NO4. The molecule has 7 heteroatoms. The molecule has 3 aromatic rings. The molecule has 0 aromatic heterocycles. The lowest BCUT2D eigenvalue weighted by Gasteiger charge is -2.13. The maximum absolute atomic E-state index is 12.8. The van der Waals surface area contributed by atoms with Crippen LogP contribution in [0, 0.1) is 0 Å². The molecule has 0 atom stereocenters. The smallest absolute Gasteiger partial charge is 0.307 e. The number of benzene rings is 3. The number of aliphatic carboxylic acids is 1. The normalized spacial score (nSPS) is 10.4. The van der Waals surface area contributed by atoms with Crippen LogP contribution < -0.4 is 10.1 Å². The molecule has 0 heterocycles. The topological polar surface area (TPSA) is 75.6 Å². The van der Waals surface area contributed by atoms with Crippen molar-refractivity contribution in [3.8, 4) is 5.75 Å². The van der Waals surface area contributed by atoms with E-state index < -0.39 is 5.97 Å². The first-order chi connectivity index (χ1) is 13.9. The highest BCUT2D eigenvalue weighted by atomic mass is 35.5. The molecule has 148 valence electrons. The van der Waals surface area contributed by atoms with Gasteiger partial charge in [0, 0.05) is 5.02 Å². The van der Waals surface area contributed by atoms with E-state index in [1.807, 2.05) is 12.1 Å². The van der Waals surface area contributed by atoms with E-state index in [1.54, 1.807) is 48.5 Å². The third-order valence-corrected chi connectivity index (χ3v) is 4.60. The van der Waals surface area contributed by atoms with Crippen LogP contribution in [0.3, 0.4) is 0 Å². The average Bonchev–Trinajstić information content (AvgIpc) is 2.68. The summed E-state index contributed by atoms with van der Waals surface area (Å²) < 4.78 is 5.81. The van der Waals surface area contributed by atoms with Crippen molar-refractivity contribution in [1.82, 2.24) is 0 Å². The van der Waals surface area contributed by atoms with Crippen molar-refractivity contribution in [2.45, 2.75) is 13.0 Å². The van der Waals surface area contributed by atoms with E-state index in [1.165, 1.54) is 6.07 Å². The molecule has 3 aromatic carbocycles. The second kappa shape index (κ2) is 9.45. The van der Waals surface area contributed by atoms with Crippen molar-refractivity contribution in [3.63, 3.8) is 0 Å². The SMILES string of the molecule is O=C(O)Cc1ccc(NC(=O)c2ccccc2OCc2cccc(Cl)c2)c(Cl)c1. The third-order valence-electron chi connectivity index (χ3n) is 4.05. The van der Waals surface area contributed by atoms with Crippen molar-refractivity contribution in [2.75, 3.05) is 5.32 Å². The van der Waals surface area contributed by atoms with Crippen LogP contribution in [0.15, 0.2) is 66.7 Å². The lowest BCUT2D eigenvalue weighted by atomic mass is 10.1. The standard InChI is InChI=1S/C22H17Cl2NO4/c23-16-5-3-4-15(10-16)13-29-20-7-2-1-6-17(20)22(28)25-19-9-8-14(11-18(19)24)12-21(26)27/h1-11H,12-13H2,(H,25,28)(H,26,27). The van der Waals surface area contributed by atoms with Crippen molar-refractivity contribution >= 4 is 40.8 Å². The van der Waals surface area contributed by atoms with Crippen molar-refractivity contribution < 1.29 is 19.4 Å². The van der Waals surface area contributed by atoms with Crippen molar-refractivity contribution in [1.29, 1.82) is 0 Å². The number of ether oxygens (including phenoxy) is 1. The van der Waals surface area contributed by atoms with Gasteiger partial charge >= 0.3 is 5.97 Å². The van der Waals surface area contributed by atoms with E-state index in [0.29, 0.717) is 27.6 Å². The second-order valence-corrected chi connectivity index (χ2v) is 7.10. The zero-order valence-corrected chi connectivity index (χ0v) is 16.7. The zero-order chi connectivity index (χ0) is 20.8. The first kappa shape index (κ1) is 20.7. The molecule has 0 aliphatic heterocycles. The summed E-state index contributed by atoms with van der Waals surface area (Å²) >= 11 is 12.2. The number of carbonyl (C=O) groups is 2. The number of carboxylic acid groups (broad SMARTS) is 1. The van der Waals surface area contributed by atoms with Gasteiger partial charge < -0.3 is 15.2 Å². The number of carboxylic acids is 1. The molecule has 5 nitrogen and oxygen atoms in total. The Hall–Kier alpha value is -3.02. The number of halogens is 2. The number of hydrogen-bond donors (Lipinski definition) is 2. The highest BCUT2D eigenvalue weighted by Gasteiger charge is 2.14. The minimum atomic E-state index is -0.955. The largest absolute Gasteiger partial charge is 0.488 e. The fourth-order valence-electron chi connectivity index (χ4n) is 2.70. The Bertz CT molecular complexity index is 1050. The van der Waals surface area contributed by atoms with Crippen LogP contribution in [-0.4, -0.2) is 17.0 Å². The van der Waals surface area contributed by atoms with Gasteiger partial charge in [0.05, 0.1) is 22.7 Å². The Morgan fingerprint density at radius 2 is 1.72 bits per heavy atom. The van der Waals surface area contributed by atoms with Gasteiger partial charge in [0.25, 0.3) is 5.91 Å². The zero-order valence-electron chi connectivity index (χ0n) is 15.2. The summed E-state index contributed by atoms with van der Waals surface area (Å²) in [5, 5.41) is 12.5. The van der Waals surface area contributed by atoms with E-state index in [2.05, 4.69) is 5.32 Å².